The highest BCUT2D eigenvalue weighted by Gasteiger charge is 3.04. The van der Waals surface area contributed by atoms with Crippen molar-refractivity contribution in [2.75, 3.05) is 0 Å². The van der Waals surface area contributed by atoms with Gasteiger partial charge in [0.15, 0.2) is 0 Å². The summed E-state index contributed by atoms with van der Waals surface area (Å²) in [6, 6.07) is -7.98. The molecule has 2 atom stereocenters. The van der Waals surface area contributed by atoms with E-state index in [9.17, 15) is 75.6 Å². The molecule has 0 aromatic carbocycles. The molecule has 0 bridgehead atoms. The van der Waals surface area contributed by atoms with E-state index in [1.165, 1.54) is 4.94 Å². The van der Waals surface area contributed by atoms with E-state index in [-0.39, 0.29) is 0 Å². The van der Waals surface area contributed by atoms with Gasteiger partial charge >= 0.3 is 59.8 Å². The monoisotopic (exact) mass is 575 g/mol. The Morgan fingerprint density at radius 1 is 0.722 bits per heavy atom. The molecule has 1 aliphatic rings. The number of hydrogen-bond donors (Lipinski definition) is 0. The van der Waals surface area contributed by atoms with Gasteiger partial charge in [0.25, 0.3) is 0 Å². The summed E-state index contributed by atoms with van der Waals surface area (Å²) >= 11 is 0. The molecule has 212 valence electrons. The fourth-order valence-corrected chi connectivity index (χ4v) is 2.91. The molecule has 0 saturated carbocycles. The normalized spacial score (nSPS) is 27.6. The minimum atomic E-state index is -8.59. The van der Waals surface area contributed by atoms with Gasteiger partial charge in [0.1, 0.15) is 5.60 Å². The summed E-state index contributed by atoms with van der Waals surface area (Å²) < 4.78 is 226. The first-order chi connectivity index (χ1) is 15.4. The first-order valence-electron chi connectivity index (χ1n) is 8.34. The smallest absolute Gasteiger partial charge is 0.428 e. The fourth-order valence-electron chi connectivity index (χ4n) is 2.91. The quantitative estimate of drug-likeness (QED) is 0.187. The van der Waals surface area contributed by atoms with Crippen molar-refractivity contribution in [2.45, 2.75) is 74.1 Å². The van der Waals surface area contributed by atoms with Gasteiger partial charge in [0.2, 0.25) is 0 Å². The van der Waals surface area contributed by atoms with Crippen LogP contribution in [0.3, 0.4) is 0 Å². The second-order valence-corrected chi connectivity index (χ2v) is 7.80. The molecule has 0 aromatic heterocycles. The minimum Gasteiger partial charge on any atom is -0.428 e. The van der Waals surface area contributed by atoms with Crippen LogP contribution < -0.4 is 0 Å². The number of carbonyl (C=O) groups is 2. The summed E-state index contributed by atoms with van der Waals surface area (Å²) in [5.74, 6) is -27.3. The van der Waals surface area contributed by atoms with Gasteiger partial charge in [-0.2, -0.15) is 66.4 Å². The van der Waals surface area contributed by atoms with Gasteiger partial charge in [-0.1, -0.05) is 0 Å². The third kappa shape index (κ3) is 3.90. The number of rotatable bonds is 3. The molecule has 0 N–H and O–H groups in total. The molecule has 0 aromatic rings. The highest BCUT2D eigenvalue weighted by atomic mass is 19.4. The van der Waals surface area contributed by atoms with Crippen LogP contribution in [0.5, 0.6) is 0 Å². The number of hydrogen-bond acceptors (Lipinski definition) is 6. The first kappa shape index (κ1) is 31.8. The summed E-state index contributed by atoms with van der Waals surface area (Å²) in [6.45, 7) is 2.50. The van der Waals surface area contributed by atoms with Crippen molar-refractivity contribution in [3.63, 3.8) is 0 Å². The predicted molar refractivity (Wildman–Crippen MR) is 74.8 cm³/mol. The van der Waals surface area contributed by atoms with Crippen molar-refractivity contribution < 1.29 is 94.4 Å². The van der Waals surface area contributed by atoms with E-state index >= 15 is 4.39 Å². The van der Waals surface area contributed by atoms with Crippen molar-refractivity contribution in [1.82, 2.24) is 4.90 Å². The highest BCUT2D eigenvalue weighted by molar-refractivity contribution is 5.89. The molecule has 0 spiro atoms. The number of nitrogens with zero attached hydrogens (tertiary/aromatic N) is 1. The summed E-state index contributed by atoms with van der Waals surface area (Å²) in [7, 11) is 0. The van der Waals surface area contributed by atoms with Crippen LogP contribution in [0.1, 0.15) is 20.8 Å². The third-order valence-electron chi connectivity index (χ3n) is 4.30. The predicted octanol–water partition coefficient (Wildman–Crippen LogP) is 5.67. The number of ether oxygens (including phenoxy) is 2. The summed E-state index contributed by atoms with van der Waals surface area (Å²) in [4.78, 5) is 20.2. The number of likely N-dealkylation sites (tertiary alicyclic amines) is 1. The Morgan fingerprint density at radius 2 is 1.08 bits per heavy atom. The molecular weight excluding hydrogens is 566 g/mol. The van der Waals surface area contributed by atoms with Crippen LogP contribution in [0.4, 0.5) is 75.2 Å². The van der Waals surface area contributed by atoms with Crippen molar-refractivity contribution in [3.8, 4) is 0 Å². The van der Waals surface area contributed by atoms with E-state index in [0.717, 1.165) is 20.8 Å². The average molecular weight is 575 g/mol. The van der Waals surface area contributed by atoms with E-state index in [1.807, 2.05) is 0 Å². The molecule has 0 aliphatic carbocycles. The van der Waals surface area contributed by atoms with Crippen molar-refractivity contribution in [1.29, 1.82) is 0 Å². The van der Waals surface area contributed by atoms with Gasteiger partial charge in [-0.3, -0.25) is 0 Å². The van der Waals surface area contributed by atoms with E-state index in [4.69, 9.17) is 0 Å². The van der Waals surface area contributed by atoms with Crippen molar-refractivity contribution in [3.05, 3.63) is 0 Å². The maximum atomic E-state index is 15.2. The molecule has 1 fully saturated rings. The number of halogens is 16. The molecule has 1 heterocycles. The average Bonchev–Trinajstić information content (AvgIpc) is 2.66. The minimum absolute atomic E-state index is 0.833. The second kappa shape index (κ2) is 8.12. The Morgan fingerprint density at radius 3 is 1.36 bits per heavy atom. The standard InChI is InChI=1S/C14H9F16NO5/c1-6(2,3)35-5(33)34-4(32)7(15)9(16,17)10(18,36-30)14(28,29)31(7)8(11(19,20)21,12(22,23)24)13(25,26)27/h1-3H3/t7-,10-/m1/s1. The summed E-state index contributed by atoms with van der Waals surface area (Å²) in [5.41, 5.74) is -10.5. The lowest BCUT2D eigenvalue weighted by molar-refractivity contribution is -0.474. The lowest BCUT2D eigenvalue weighted by atomic mass is 9.91. The maximum absolute atomic E-state index is 15.2. The first-order valence-corrected chi connectivity index (χ1v) is 8.34. The molecule has 0 amide bonds. The van der Waals surface area contributed by atoms with Crippen molar-refractivity contribution in [2.24, 2.45) is 0 Å². The van der Waals surface area contributed by atoms with Crippen LogP contribution in [0.2, 0.25) is 0 Å². The van der Waals surface area contributed by atoms with Crippen LogP contribution in [0.15, 0.2) is 0 Å². The molecule has 0 unspecified atom stereocenters. The number of carbonyl (C=O) groups excluding carboxylic acids is 2. The second-order valence-electron chi connectivity index (χ2n) is 7.80. The largest absolute Gasteiger partial charge is 0.516 e. The molecule has 6 nitrogen and oxygen atoms in total. The zero-order chi connectivity index (χ0) is 29.4. The Kier molecular flexibility index (Phi) is 7.16. The molecule has 36 heavy (non-hydrogen) atoms. The van der Waals surface area contributed by atoms with E-state index < -0.39 is 70.3 Å². The molecular formula is C14H9F16NO5. The zero-order valence-corrected chi connectivity index (χ0v) is 17.0. The topological polar surface area (TPSA) is 65.1 Å². The zero-order valence-electron chi connectivity index (χ0n) is 17.0. The number of alkyl halides is 15. The van der Waals surface area contributed by atoms with Gasteiger partial charge in [-0.15, -0.1) is 4.94 Å². The van der Waals surface area contributed by atoms with E-state index in [0.29, 0.717) is 0 Å². The molecule has 1 aliphatic heterocycles. The summed E-state index contributed by atoms with van der Waals surface area (Å²) in [6.07, 6.45) is -28.0. The van der Waals surface area contributed by atoms with Gasteiger partial charge < -0.3 is 9.47 Å². The Labute approximate surface area is 186 Å². The Hall–Kier alpha value is -2.26. The molecule has 1 rings (SSSR count). The Bertz CT molecular complexity index is 854. The molecule has 1 saturated heterocycles. The van der Waals surface area contributed by atoms with Crippen LogP contribution >= 0.6 is 0 Å². The lowest BCUT2D eigenvalue weighted by Crippen LogP contribution is -2.82. The van der Waals surface area contributed by atoms with Crippen LogP contribution in [-0.4, -0.2) is 70.3 Å². The van der Waals surface area contributed by atoms with Crippen LogP contribution in [-0.2, 0) is 19.2 Å². The molecule has 0 radical (unpaired) electrons. The summed E-state index contributed by atoms with van der Waals surface area (Å²) in [5, 5.41) is 0. The van der Waals surface area contributed by atoms with Crippen LogP contribution in [0, 0.1) is 0 Å². The SMILES string of the molecule is CC(C)(C)OC(=O)OC(=O)[C@@]1(F)N(C(C(F)(F)F)(C(F)(F)F)C(F)(F)F)C(F)(F)[C@](F)(OF)C1(F)F. The lowest BCUT2D eigenvalue weighted by Gasteiger charge is -2.48. The van der Waals surface area contributed by atoms with Gasteiger partial charge in [0.05, 0.1) is 0 Å². The fraction of sp³-hybridized carbons (Fsp3) is 0.857. The van der Waals surface area contributed by atoms with Crippen molar-refractivity contribution >= 4 is 12.1 Å². The number of esters is 1. The van der Waals surface area contributed by atoms with E-state index in [2.05, 4.69) is 9.47 Å². The van der Waals surface area contributed by atoms with Crippen LogP contribution in [0.25, 0.3) is 0 Å². The van der Waals surface area contributed by atoms with Gasteiger partial charge in [-0.05, 0) is 25.3 Å². The third-order valence-corrected chi connectivity index (χ3v) is 4.30. The van der Waals surface area contributed by atoms with Gasteiger partial charge in [-0.25, -0.2) is 14.0 Å². The van der Waals surface area contributed by atoms with Gasteiger partial charge in [0, 0.05) is 0 Å². The molecule has 22 heteroatoms. The van der Waals surface area contributed by atoms with E-state index in [1.54, 1.807) is 0 Å². The highest BCUT2D eigenvalue weighted by Crippen LogP contribution is 2.70. The maximum Gasteiger partial charge on any atom is 0.516 e. The Balaban J connectivity index is 4.28.